The highest BCUT2D eigenvalue weighted by atomic mass is 19.4. The summed E-state index contributed by atoms with van der Waals surface area (Å²) in [5.41, 5.74) is -0.0313. The molecule has 8 heteroatoms. The first-order valence-corrected chi connectivity index (χ1v) is 9.14. The predicted molar refractivity (Wildman–Crippen MR) is 93.7 cm³/mol. The van der Waals surface area contributed by atoms with Gasteiger partial charge in [-0.3, -0.25) is 4.79 Å². The van der Waals surface area contributed by atoms with Crippen LogP contribution in [0.5, 0.6) is 0 Å². The van der Waals surface area contributed by atoms with Gasteiger partial charge in [0.1, 0.15) is 5.58 Å². The summed E-state index contributed by atoms with van der Waals surface area (Å²) >= 11 is 0. The molecular formula is C19H21F3N2O3. The standard InChI is InChI=1S/C19H21F3N2O3/c20-19(21,22)13-1-2-15-14(9-13)16-17(27-15)18(26)23-4-6-24(16)5-3-11-7-12(8-11)10-25/h1-2,9,11-12,25H,3-8,10H2,(H,23,26). The summed E-state index contributed by atoms with van der Waals surface area (Å²) in [6.07, 6.45) is -1.64. The van der Waals surface area contributed by atoms with Crippen molar-refractivity contribution in [2.75, 3.05) is 31.1 Å². The smallest absolute Gasteiger partial charge is 0.416 e. The molecule has 1 aromatic heterocycles. The number of hydrogen-bond donors (Lipinski definition) is 2. The second kappa shape index (κ2) is 6.74. The maximum atomic E-state index is 13.1. The Labute approximate surface area is 154 Å². The Morgan fingerprint density at radius 2 is 2.04 bits per heavy atom. The third-order valence-corrected chi connectivity index (χ3v) is 5.58. The lowest BCUT2D eigenvalue weighted by Gasteiger charge is -2.35. The molecule has 2 N–H and O–H groups in total. The second-order valence-electron chi connectivity index (χ2n) is 7.41. The van der Waals surface area contributed by atoms with Crippen LogP contribution in [-0.2, 0) is 6.18 Å². The van der Waals surface area contributed by atoms with Crippen LogP contribution in [-0.4, -0.2) is 37.3 Å². The first-order valence-electron chi connectivity index (χ1n) is 9.14. The van der Waals surface area contributed by atoms with Crippen molar-refractivity contribution >= 4 is 22.6 Å². The Morgan fingerprint density at radius 1 is 1.26 bits per heavy atom. The van der Waals surface area contributed by atoms with Gasteiger partial charge in [-0.25, -0.2) is 0 Å². The number of carbonyl (C=O) groups is 1. The van der Waals surface area contributed by atoms with Gasteiger partial charge in [-0.15, -0.1) is 0 Å². The molecule has 1 aliphatic heterocycles. The molecule has 2 aliphatic rings. The number of furan rings is 1. The van der Waals surface area contributed by atoms with Gasteiger partial charge in [0.15, 0.2) is 0 Å². The van der Waals surface area contributed by atoms with E-state index in [0.29, 0.717) is 42.5 Å². The fourth-order valence-corrected chi connectivity index (χ4v) is 4.05. The van der Waals surface area contributed by atoms with Crippen molar-refractivity contribution in [1.82, 2.24) is 5.32 Å². The van der Waals surface area contributed by atoms with Crippen LogP contribution in [0.3, 0.4) is 0 Å². The number of amides is 1. The molecule has 4 rings (SSSR count). The van der Waals surface area contributed by atoms with E-state index in [9.17, 15) is 18.0 Å². The van der Waals surface area contributed by atoms with E-state index >= 15 is 0 Å². The van der Waals surface area contributed by atoms with Crippen molar-refractivity contribution in [3.05, 3.63) is 29.5 Å². The third-order valence-electron chi connectivity index (χ3n) is 5.58. The summed E-state index contributed by atoms with van der Waals surface area (Å²) in [6.45, 7) is 1.76. The Bertz CT molecular complexity index is 856. The average Bonchev–Trinajstić information content (AvgIpc) is 2.89. The minimum atomic E-state index is -4.46. The van der Waals surface area contributed by atoms with Gasteiger partial charge >= 0.3 is 6.18 Å². The van der Waals surface area contributed by atoms with Crippen molar-refractivity contribution in [2.45, 2.75) is 25.4 Å². The van der Waals surface area contributed by atoms with E-state index in [0.717, 1.165) is 31.4 Å². The quantitative estimate of drug-likeness (QED) is 0.851. The number of fused-ring (bicyclic) bond motifs is 3. The molecule has 1 aliphatic carbocycles. The van der Waals surface area contributed by atoms with Crippen molar-refractivity contribution in [3.63, 3.8) is 0 Å². The van der Waals surface area contributed by atoms with E-state index in [1.807, 2.05) is 4.90 Å². The van der Waals surface area contributed by atoms with Crippen LogP contribution in [0, 0.1) is 11.8 Å². The number of benzene rings is 1. The minimum Gasteiger partial charge on any atom is -0.449 e. The molecule has 1 saturated carbocycles. The largest absolute Gasteiger partial charge is 0.449 e. The topological polar surface area (TPSA) is 65.7 Å². The van der Waals surface area contributed by atoms with Crippen LogP contribution in [0.2, 0.25) is 0 Å². The molecule has 27 heavy (non-hydrogen) atoms. The number of alkyl halides is 3. The number of aliphatic hydroxyl groups excluding tert-OH is 1. The summed E-state index contributed by atoms with van der Waals surface area (Å²) in [5.74, 6) is 0.536. The van der Waals surface area contributed by atoms with Crippen molar-refractivity contribution in [1.29, 1.82) is 0 Å². The van der Waals surface area contributed by atoms with E-state index in [1.54, 1.807) is 0 Å². The molecule has 2 aromatic rings. The zero-order valence-electron chi connectivity index (χ0n) is 14.7. The molecule has 1 fully saturated rings. The van der Waals surface area contributed by atoms with Crippen molar-refractivity contribution < 1.29 is 27.5 Å². The number of hydrogen-bond acceptors (Lipinski definition) is 4. The lowest BCUT2D eigenvalue weighted by molar-refractivity contribution is -0.137. The summed E-state index contributed by atoms with van der Waals surface area (Å²) < 4.78 is 45.0. The van der Waals surface area contributed by atoms with E-state index in [1.165, 1.54) is 6.07 Å². The lowest BCUT2D eigenvalue weighted by atomic mass is 9.74. The Morgan fingerprint density at radius 3 is 2.74 bits per heavy atom. The van der Waals surface area contributed by atoms with Crippen LogP contribution in [0.4, 0.5) is 18.9 Å². The van der Waals surface area contributed by atoms with Crippen LogP contribution in [0.25, 0.3) is 11.0 Å². The third kappa shape index (κ3) is 3.38. The van der Waals surface area contributed by atoms with E-state index in [4.69, 9.17) is 9.52 Å². The van der Waals surface area contributed by atoms with Gasteiger partial charge in [0.2, 0.25) is 5.76 Å². The Hall–Kier alpha value is -2.22. The van der Waals surface area contributed by atoms with Crippen LogP contribution in [0.1, 0.15) is 35.4 Å². The van der Waals surface area contributed by atoms with E-state index < -0.39 is 17.6 Å². The molecule has 1 aromatic carbocycles. The molecule has 0 radical (unpaired) electrons. The van der Waals surface area contributed by atoms with Crippen LogP contribution < -0.4 is 10.2 Å². The van der Waals surface area contributed by atoms with E-state index in [2.05, 4.69) is 5.32 Å². The van der Waals surface area contributed by atoms with Gasteiger partial charge in [-0.1, -0.05) is 0 Å². The maximum Gasteiger partial charge on any atom is 0.416 e. The van der Waals surface area contributed by atoms with Gasteiger partial charge < -0.3 is 19.7 Å². The highest BCUT2D eigenvalue weighted by molar-refractivity contribution is 6.07. The molecule has 0 unspecified atom stereocenters. The molecule has 0 bridgehead atoms. The molecule has 2 heterocycles. The number of anilines is 1. The summed E-state index contributed by atoms with van der Waals surface area (Å²) in [5, 5.41) is 12.2. The summed E-state index contributed by atoms with van der Waals surface area (Å²) in [6, 6.07) is 3.31. The zero-order chi connectivity index (χ0) is 19.2. The molecule has 5 nitrogen and oxygen atoms in total. The fourth-order valence-electron chi connectivity index (χ4n) is 4.05. The number of halogens is 3. The molecular weight excluding hydrogens is 361 g/mol. The number of aliphatic hydroxyl groups is 1. The second-order valence-corrected chi connectivity index (χ2v) is 7.41. The van der Waals surface area contributed by atoms with Crippen LogP contribution >= 0.6 is 0 Å². The zero-order valence-corrected chi connectivity index (χ0v) is 14.7. The van der Waals surface area contributed by atoms with Gasteiger partial charge in [-0.2, -0.15) is 13.2 Å². The Kier molecular flexibility index (Phi) is 4.53. The Balaban J connectivity index is 1.66. The molecule has 0 atom stereocenters. The first kappa shape index (κ1) is 18.2. The van der Waals surface area contributed by atoms with Gasteiger partial charge in [-0.05, 0) is 49.3 Å². The number of nitrogens with zero attached hydrogens (tertiary/aromatic N) is 1. The minimum absolute atomic E-state index is 0.0728. The van der Waals surface area contributed by atoms with E-state index in [-0.39, 0.29) is 18.0 Å². The number of rotatable bonds is 4. The highest BCUT2D eigenvalue weighted by Gasteiger charge is 2.34. The SMILES string of the molecule is O=C1NCCN(CCC2CC(CO)C2)c2c1oc1ccc(C(F)(F)F)cc21. The van der Waals surface area contributed by atoms with Crippen molar-refractivity contribution in [2.24, 2.45) is 11.8 Å². The van der Waals surface area contributed by atoms with Gasteiger partial charge in [0.25, 0.3) is 5.91 Å². The first-order chi connectivity index (χ1) is 12.9. The molecule has 0 spiro atoms. The van der Waals surface area contributed by atoms with Crippen molar-refractivity contribution in [3.8, 4) is 0 Å². The average molecular weight is 382 g/mol. The lowest BCUT2D eigenvalue weighted by Crippen LogP contribution is -2.34. The number of nitrogens with one attached hydrogen (secondary N) is 1. The monoisotopic (exact) mass is 382 g/mol. The number of carbonyl (C=O) groups excluding carboxylic acids is 1. The fraction of sp³-hybridized carbons (Fsp3) is 0.526. The van der Waals surface area contributed by atoms with Gasteiger partial charge in [0.05, 0.1) is 11.3 Å². The molecule has 146 valence electrons. The van der Waals surface area contributed by atoms with Gasteiger partial charge in [0, 0.05) is 31.6 Å². The molecule has 0 saturated heterocycles. The summed E-state index contributed by atoms with van der Waals surface area (Å²) in [4.78, 5) is 14.3. The summed E-state index contributed by atoms with van der Waals surface area (Å²) in [7, 11) is 0. The highest BCUT2D eigenvalue weighted by Crippen LogP contribution is 2.40. The predicted octanol–water partition coefficient (Wildman–Crippen LogP) is 3.41. The molecule has 1 amide bonds. The maximum absolute atomic E-state index is 13.1. The normalized spacial score (nSPS) is 23.0. The van der Waals surface area contributed by atoms with Crippen LogP contribution in [0.15, 0.2) is 22.6 Å².